The molecule has 0 spiro atoms. The van der Waals surface area contributed by atoms with Gasteiger partial charge >= 0.3 is 0 Å². The van der Waals surface area contributed by atoms with Crippen molar-refractivity contribution >= 4 is 11.4 Å². The smallest absolute Gasteiger partial charge is 0.293 e. The van der Waals surface area contributed by atoms with Gasteiger partial charge in [-0.3, -0.25) is 9.59 Å². The lowest BCUT2D eigenvalue weighted by atomic mass is 9.48. The van der Waals surface area contributed by atoms with Crippen LogP contribution in [0.1, 0.15) is 45.4 Å². The van der Waals surface area contributed by atoms with Crippen molar-refractivity contribution < 1.29 is 9.53 Å². The number of amides is 1. The molecular formula is C26H31N5O3. The van der Waals surface area contributed by atoms with E-state index in [-0.39, 0.29) is 29.5 Å². The van der Waals surface area contributed by atoms with Crippen LogP contribution in [-0.2, 0) is 11.3 Å². The van der Waals surface area contributed by atoms with Crippen LogP contribution in [-0.4, -0.2) is 38.5 Å². The molecule has 4 fully saturated rings. The predicted octanol–water partition coefficient (Wildman–Crippen LogP) is 3.29. The van der Waals surface area contributed by atoms with Crippen molar-refractivity contribution in [3.63, 3.8) is 0 Å². The summed E-state index contributed by atoms with van der Waals surface area (Å²) in [5.41, 5.74) is 1.83. The van der Waals surface area contributed by atoms with Gasteiger partial charge in [0, 0.05) is 11.6 Å². The van der Waals surface area contributed by atoms with Crippen molar-refractivity contribution in [1.29, 1.82) is 0 Å². The van der Waals surface area contributed by atoms with Gasteiger partial charge in [-0.1, -0.05) is 0 Å². The van der Waals surface area contributed by atoms with Gasteiger partial charge in [-0.25, -0.2) is 9.20 Å². The van der Waals surface area contributed by atoms with E-state index in [1.165, 1.54) is 54.0 Å². The molecule has 2 aromatic heterocycles. The summed E-state index contributed by atoms with van der Waals surface area (Å²) < 4.78 is 7.90. The Balaban J connectivity index is 1.18. The van der Waals surface area contributed by atoms with Crippen LogP contribution in [0.15, 0.2) is 41.5 Å². The van der Waals surface area contributed by atoms with E-state index in [0.29, 0.717) is 11.2 Å². The van der Waals surface area contributed by atoms with Crippen LogP contribution < -0.4 is 15.6 Å². The van der Waals surface area contributed by atoms with E-state index < -0.39 is 0 Å². The largest absolute Gasteiger partial charge is 0.497 e. The maximum Gasteiger partial charge on any atom is 0.293 e. The highest BCUT2D eigenvalue weighted by molar-refractivity contribution is 5.76. The molecule has 3 aromatic rings. The summed E-state index contributed by atoms with van der Waals surface area (Å²) in [6, 6.07) is 9.34. The summed E-state index contributed by atoms with van der Waals surface area (Å²) in [5.74, 6) is 3.10. The van der Waals surface area contributed by atoms with E-state index in [2.05, 4.69) is 22.4 Å². The van der Waals surface area contributed by atoms with Gasteiger partial charge in [-0.2, -0.15) is 10.2 Å². The first-order chi connectivity index (χ1) is 16.4. The lowest BCUT2D eigenvalue weighted by molar-refractivity contribution is -0.126. The molecule has 1 atom stereocenters. The number of methoxy groups -OCH3 is 1. The number of rotatable bonds is 6. The zero-order chi connectivity index (χ0) is 23.4. The monoisotopic (exact) mass is 461 g/mol. The fourth-order valence-corrected chi connectivity index (χ4v) is 7.24. The van der Waals surface area contributed by atoms with Crippen molar-refractivity contribution in [2.24, 2.45) is 23.2 Å². The number of benzene rings is 1. The molecule has 34 heavy (non-hydrogen) atoms. The first-order valence-corrected chi connectivity index (χ1v) is 12.3. The van der Waals surface area contributed by atoms with Gasteiger partial charge in [0.1, 0.15) is 24.1 Å². The summed E-state index contributed by atoms with van der Waals surface area (Å²) in [4.78, 5) is 26.0. The topological polar surface area (TPSA) is 90.5 Å². The van der Waals surface area contributed by atoms with E-state index in [1.54, 1.807) is 13.2 Å². The summed E-state index contributed by atoms with van der Waals surface area (Å²) in [5, 5.41) is 11.9. The SMILES string of the molecule is COc1ccc(-c2cc3c(=O)n(CC(=O)N[C@@H](C)C45CC6CC(CC(C6)C4)C5)ncn3n2)cc1. The van der Waals surface area contributed by atoms with E-state index in [0.717, 1.165) is 29.1 Å². The van der Waals surface area contributed by atoms with Crippen LogP contribution >= 0.6 is 0 Å². The molecule has 0 radical (unpaired) electrons. The Morgan fingerprint density at radius 2 is 1.79 bits per heavy atom. The normalized spacial score (nSPS) is 28.2. The van der Waals surface area contributed by atoms with Gasteiger partial charge < -0.3 is 10.1 Å². The van der Waals surface area contributed by atoms with Crippen molar-refractivity contribution in [2.75, 3.05) is 7.11 Å². The van der Waals surface area contributed by atoms with Crippen LogP contribution in [0.2, 0.25) is 0 Å². The van der Waals surface area contributed by atoms with Crippen molar-refractivity contribution in [2.45, 2.75) is 58.0 Å². The molecule has 1 aromatic carbocycles. The molecule has 4 aliphatic rings. The van der Waals surface area contributed by atoms with Crippen LogP contribution in [0.5, 0.6) is 5.75 Å². The lowest BCUT2D eigenvalue weighted by Gasteiger charge is -2.59. The summed E-state index contributed by atoms with van der Waals surface area (Å²) in [6.07, 6.45) is 9.31. The molecule has 0 aliphatic heterocycles. The fourth-order valence-electron chi connectivity index (χ4n) is 7.24. The van der Waals surface area contributed by atoms with Crippen LogP contribution in [0.4, 0.5) is 0 Å². The van der Waals surface area contributed by atoms with Gasteiger partial charge in [-0.15, -0.1) is 0 Å². The van der Waals surface area contributed by atoms with Gasteiger partial charge in [0.25, 0.3) is 5.56 Å². The molecule has 4 aliphatic carbocycles. The van der Waals surface area contributed by atoms with E-state index >= 15 is 0 Å². The second-order valence-corrected chi connectivity index (χ2v) is 10.8. The molecule has 178 valence electrons. The van der Waals surface area contributed by atoms with E-state index in [9.17, 15) is 9.59 Å². The maximum atomic E-state index is 13.1. The molecule has 1 amide bonds. The number of nitrogens with one attached hydrogen (secondary N) is 1. The molecule has 0 saturated heterocycles. The fraction of sp³-hybridized carbons (Fsp3) is 0.538. The van der Waals surface area contributed by atoms with Crippen molar-refractivity contribution in [3.8, 4) is 17.0 Å². The first kappa shape index (κ1) is 21.4. The number of carbonyl (C=O) groups is 1. The Hall–Kier alpha value is -3.16. The Morgan fingerprint density at radius 3 is 2.41 bits per heavy atom. The third-order valence-corrected chi connectivity index (χ3v) is 8.55. The van der Waals surface area contributed by atoms with Crippen molar-refractivity contribution in [3.05, 3.63) is 47.0 Å². The van der Waals surface area contributed by atoms with Gasteiger partial charge in [0.2, 0.25) is 5.91 Å². The van der Waals surface area contributed by atoms with Crippen LogP contribution in [0.25, 0.3) is 16.8 Å². The zero-order valence-electron chi connectivity index (χ0n) is 19.7. The number of fused-ring (bicyclic) bond motifs is 1. The highest BCUT2D eigenvalue weighted by Crippen LogP contribution is 2.61. The summed E-state index contributed by atoms with van der Waals surface area (Å²) >= 11 is 0. The minimum Gasteiger partial charge on any atom is -0.497 e. The summed E-state index contributed by atoms with van der Waals surface area (Å²) in [7, 11) is 1.62. The van der Waals surface area contributed by atoms with Gasteiger partial charge in [0.05, 0.1) is 12.8 Å². The molecule has 4 bridgehead atoms. The molecular weight excluding hydrogens is 430 g/mol. The minimum absolute atomic E-state index is 0.0882. The average Bonchev–Trinajstić information content (AvgIpc) is 3.25. The Morgan fingerprint density at radius 1 is 1.15 bits per heavy atom. The number of hydrogen-bond acceptors (Lipinski definition) is 5. The third kappa shape index (κ3) is 3.60. The number of ether oxygens (including phenoxy) is 1. The molecule has 8 nitrogen and oxygen atoms in total. The predicted molar refractivity (Wildman–Crippen MR) is 127 cm³/mol. The second-order valence-electron chi connectivity index (χ2n) is 10.8. The Bertz CT molecular complexity index is 1260. The van der Waals surface area contributed by atoms with Crippen LogP contribution in [0.3, 0.4) is 0 Å². The standard InChI is InChI=1S/C26H31N5O3/c1-16(26-11-17-7-18(12-26)9-19(8-17)13-26)28-24(32)14-30-25(33)23-10-22(29-31(23)15-27-30)20-3-5-21(34-2)6-4-20/h3-6,10,15-19H,7-9,11-14H2,1-2H3,(H,28,32)/t16-,17?,18?,19?,26?/m0/s1. The highest BCUT2D eigenvalue weighted by atomic mass is 16.5. The van der Waals surface area contributed by atoms with E-state index in [1.807, 2.05) is 24.3 Å². The second kappa shape index (κ2) is 7.96. The average molecular weight is 462 g/mol. The van der Waals surface area contributed by atoms with E-state index in [4.69, 9.17) is 4.74 Å². The zero-order valence-corrected chi connectivity index (χ0v) is 19.7. The lowest BCUT2D eigenvalue weighted by Crippen LogP contribution is -2.56. The molecule has 8 heteroatoms. The highest BCUT2D eigenvalue weighted by Gasteiger charge is 2.53. The quantitative estimate of drug-likeness (QED) is 0.608. The molecule has 2 heterocycles. The first-order valence-electron chi connectivity index (χ1n) is 12.3. The number of aromatic nitrogens is 4. The Labute approximate surface area is 198 Å². The van der Waals surface area contributed by atoms with Crippen molar-refractivity contribution in [1.82, 2.24) is 24.7 Å². The maximum absolute atomic E-state index is 13.1. The molecule has 7 rings (SSSR count). The third-order valence-electron chi connectivity index (χ3n) is 8.55. The van der Waals surface area contributed by atoms with Gasteiger partial charge in [0.15, 0.2) is 0 Å². The number of nitrogens with zero attached hydrogens (tertiary/aromatic N) is 4. The van der Waals surface area contributed by atoms with Gasteiger partial charge in [-0.05, 0) is 98.9 Å². The number of hydrogen-bond donors (Lipinski definition) is 1. The molecule has 4 saturated carbocycles. The minimum atomic E-state index is -0.327. The molecule has 0 unspecified atom stereocenters. The van der Waals surface area contributed by atoms with Crippen LogP contribution in [0, 0.1) is 23.2 Å². The summed E-state index contributed by atoms with van der Waals surface area (Å²) in [6.45, 7) is 2.07. The Kier molecular flexibility index (Phi) is 5.00. The number of carbonyl (C=O) groups excluding carboxylic acids is 1. The molecule has 1 N–H and O–H groups in total.